The molecule has 0 spiro atoms. The Kier molecular flexibility index (Phi) is 3.00. The summed E-state index contributed by atoms with van der Waals surface area (Å²) in [7, 11) is 0. The lowest BCUT2D eigenvalue weighted by Crippen LogP contribution is -2.39. The summed E-state index contributed by atoms with van der Waals surface area (Å²) in [5.74, 6) is 0.123. The number of aromatic amines is 1. The minimum absolute atomic E-state index is 0.0187. The third-order valence-corrected chi connectivity index (χ3v) is 4.55. The summed E-state index contributed by atoms with van der Waals surface area (Å²) in [6.45, 7) is 2.42. The summed E-state index contributed by atoms with van der Waals surface area (Å²) in [6.07, 6.45) is 0.905. The minimum atomic E-state index is -0.0187. The average molecular weight is 290 g/mol. The Morgan fingerprint density at radius 1 is 1.09 bits per heavy atom. The number of H-pyrrole nitrogens is 1. The summed E-state index contributed by atoms with van der Waals surface area (Å²) in [6, 6.07) is 18.6. The molecule has 3 nitrogen and oxygen atoms in total. The summed E-state index contributed by atoms with van der Waals surface area (Å²) < 4.78 is 0. The number of hydrogen-bond acceptors (Lipinski definition) is 1. The third-order valence-electron chi connectivity index (χ3n) is 4.55. The van der Waals surface area contributed by atoms with E-state index in [9.17, 15) is 4.79 Å². The Hall–Kier alpha value is -2.55. The molecule has 3 aromatic rings. The molecule has 3 heteroatoms. The van der Waals surface area contributed by atoms with Gasteiger partial charge in [0.15, 0.2) is 0 Å². The van der Waals surface area contributed by atoms with E-state index in [0.717, 1.165) is 29.7 Å². The van der Waals surface area contributed by atoms with Crippen LogP contribution in [0.4, 0.5) is 0 Å². The lowest BCUT2D eigenvalue weighted by molar-refractivity contribution is -0.130. The molecule has 0 radical (unpaired) electrons. The second kappa shape index (κ2) is 5.02. The number of carbonyl (C=O) groups excluding carboxylic acids is 1. The van der Waals surface area contributed by atoms with Crippen molar-refractivity contribution in [3.8, 4) is 0 Å². The van der Waals surface area contributed by atoms with Gasteiger partial charge in [-0.3, -0.25) is 4.79 Å². The third kappa shape index (κ3) is 1.93. The first-order valence-corrected chi connectivity index (χ1v) is 7.67. The Balaban J connectivity index is 1.94. The zero-order chi connectivity index (χ0) is 15.1. The van der Waals surface area contributed by atoms with Crippen molar-refractivity contribution in [3.05, 3.63) is 71.4 Å². The first kappa shape index (κ1) is 13.1. The van der Waals surface area contributed by atoms with E-state index in [2.05, 4.69) is 35.3 Å². The monoisotopic (exact) mass is 290 g/mol. The first-order valence-electron chi connectivity index (χ1n) is 7.67. The van der Waals surface area contributed by atoms with Crippen LogP contribution < -0.4 is 0 Å². The molecule has 4 rings (SSSR count). The Labute approximate surface area is 129 Å². The zero-order valence-corrected chi connectivity index (χ0v) is 12.5. The van der Waals surface area contributed by atoms with Crippen LogP contribution in [0.5, 0.6) is 0 Å². The van der Waals surface area contributed by atoms with Crippen molar-refractivity contribution in [2.24, 2.45) is 0 Å². The second-order valence-corrected chi connectivity index (χ2v) is 5.84. The zero-order valence-electron chi connectivity index (χ0n) is 12.5. The van der Waals surface area contributed by atoms with Gasteiger partial charge in [0.05, 0.1) is 6.04 Å². The van der Waals surface area contributed by atoms with Crippen LogP contribution >= 0.6 is 0 Å². The highest BCUT2D eigenvalue weighted by atomic mass is 16.2. The van der Waals surface area contributed by atoms with Crippen molar-refractivity contribution in [1.82, 2.24) is 9.88 Å². The average Bonchev–Trinajstić information content (AvgIpc) is 2.93. The van der Waals surface area contributed by atoms with E-state index < -0.39 is 0 Å². The van der Waals surface area contributed by atoms with Crippen molar-refractivity contribution >= 4 is 16.8 Å². The van der Waals surface area contributed by atoms with Gasteiger partial charge in [-0.25, -0.2) is 0 Å². The largest absolute Gasteiger partial charge is 0.356 e. The minimum Gasteiger partial charge on any atom is -0.356 e. The van der Waals surface area contributed by atoms with Gasteiger partial charge in [-0.2, -0.15) is 0 Å². The number of hydrogen-bond donors (Lipinski definition) is 1. The molecule has 110 valence electrons. The number of nitrogens with zero attached hydrogens (tertiary/aromatic N) is 1. The van der Waals surface area contributed by atoms with Crippen LogP contribution in [-0.4, -0.2) is 22.3 Å². The number of para-hydroxylation sites is 1. The number of rotatable bonds is 1. The van der Waals surface area contributed by atoms with Crippen LogP contribution in [0.1, 0.15) is 29.8 Å². The SMILES string of the molecule is CC(=O)N1CCc2c([nH]c3ccccc23)[C@H]1c1ccccc1. The fraction of sp³-hybridized carbons (Fsp3) is 0.211. The molecule has 0 bridgehead atoms. The van der Waals surface area contributed by atoms with Gasteiger partial charge in [0.2, 0.25) is 5.91 Å². The van der Waals surface area contributed by atoms with Crippen LogP contribution in [0.15, 0.2) is 54.6 Å². The van der Waals surface area contributed by atoms with E-state index in [-0.39, 0.29) is 11.9 Å². The van der Waals surface area contributed by atoms with Gasteiger partial charge in [0.1, 0.15) is 0 Å². The smallest absolute Gasteiger partial charge is 0.220 e. The lowest BCUT2D eigenvalue weighted by Gasteiger charge is -2.35. The molecule has 1 aliphatic rings. The number of carbonyl (C=O) groups is 1. The lowest BCUT2D eigenvalue weighted by atomic mass is 9.92. The molecular weight excluding hydrogens is 272 g/mol. The van der Waals surface area contributed by atoms with Gasteiger partial charge in [-0.1, -0.05) is 48.5 Å². The van der Waals surface area contributed by atoms with Crippen LogP contribution in [0.2, 0.25) is 0 Å². The molecule has 1 amide bonds. The van der Waals surface area contributed by atoms with Gasteiger partial charge < -0.3 is 9.88 Å². The topological polar surface area (TPSA) is 36.1 Å². The van der Waals surface area contributed by atoms with Gasteiger partial charge >= 0.3 is 0 Å². The highest BCUT2D eigenvalue weighted by Crippen LogP contribution is 2.38. The maximum absolute atomic E-state index is 12.1. The fourth-order valence-electron chi connectivity index (χ4n) is 3.56. The fourth-order valence-corrected chi connectivity index (χ4v) is 3.56. The number of fused-ring (bicyclic) bond motifs is 3. The van der Waals surface area contributed by atoms with E-state index in [1.165, 1.54) is 10.9 Å². The highest BCUT2D eigenvalue weighted by Gasteiger charge is 2.32. The molecule has 2 heterocycles. The quantitative estimate of drug-likeness (QED) is 0.729. The number of benzene rings is 2. The Morgan fingerprint density at radius 2 is 1.82 bits per heavy atom. The summed E-state index contributed by atoms with van der Waals surface area (Å²) in [4.78, 5) is 17.6. The van der Waals surface area contributed by atoms with E-state index in [4.69, 9.17) is 0 Å². The number of amides is 1. The predicted molar refractivity (Wildman–Crippen MR) is 87.7 cm³/mol. The summed E-state index contributed by atoms with van der Waals surface area (Å²) in [5, 5.41) is 1.28. The van der Waals surface area contributed by atoms with Gasteiger partial charge in [0, 0.05) is 30.1 Å². The molecule has 1 atom stereocenters. The molecule has 0 fully saturated rings. The van der Waals surface area contributed by atoms with E-state index in [0.29, 0.717) is 0 Å². The van der Waals surface area contributed by atoms with Crippen molar-refractivity contribution in [2.75, 3.05) is 6.54 Å². The molecule has 1 aliphatic heterocycles. The van der Waals surface area contributed by atoms with Gasteiger partial charge in [-0.05, 0) is 23.6 Å². The molecule has 22 heavy (non-hydrogen) atoms. The maximum atomic E-state index is 12.1. The molecule has 1 N–H and O–H groups in total. The van der Waals surface area contributed by atoms with Crippen LogP contribution in [-0.2, 0) is 11.2 Å². The van der Waals surface area contributed by atoms with Gasteiger partial charge in [0.25, 0.3) is 0 Å². The number of nitrogens with one attached hydrogen (secondary N) is 1. The Morgan fingerprint density at radius 3 is 2.59 bits per heavy atom. The van der Waals surface area contributed by atoms with E-state index >= 15 is 0 Å². The highest BCUT2D eigenvalue weighted by molar-refractivity contribution is 5.86. The molecule has 0 saturated heterocycles. The molecule has 0 aliphatic carbocycles. The molecule has 1 aromatic heterocycles. The van der Waals surface area contributed by atoms with Crippen molar-refractivity contribution in [1.29, 1.82) is 0 Å². The summed E-state index contributed by atoms with van der Waals surface area (Å²) in [5.41, 5.74) is 4.82. The van der Waals surface area contributed by atoms with Crippen LogP contribution in [0, 0.1) is 0 Å². The first-order chi connectivity index (χ1) is 10.8. The van der Waals surface area contributed by atoms with E-state index in [1.807, 2.05) is 29.2 Å². The molecular formula is C19H18N2O. The normalized spacial score (nSPS) is 17.5. The second-order valence-electron chi connectivity index (χ2n) is 5.84. The van der Waals surface area contributed by atoms with Crippen molar-refractivity contribution < 1.29 is 4.79 Å². The standard InChI is InChI=1S/C19H18N2O/c1-13(22)21-12-11-16-15-9-5-6-10-17(15)20-18(16)19(21)14-7-3-2-4-8-14/h2-10,19-20H,11-12H2,1H3/t19-/m1/s1. The van der Waals surface area contributed by atoms with Crippen molar-refractivity contribution in [2.45, 2.75) is 19.4 Å². The molecule has 0 saturated carbocycles. The summed E-state index contributed by atoms with van der Waals surface area (Å²) >= 11 is 0. The van der Waals surface area contributed by atoms with Crippen LogP contribution in [0.25, 0.3) is 10.9 Å². The van der Waals surface area contributed by atoms with Crippen LogP contribution in [0.3, 0.4) is 0 Å². The van der Waals surface area contributed by atoms with E-state index in [1.54, 1.807) is 6.92 Å². The van der Waals surface area contributed by atoms with Crippen molar-refractivity contribution in [3.63, 3.8) is 0 Å². The number of aromatic nitrogens is 1. The maximum Gasteiger partial charge on any atom is 0.220 e. The van der Waals surface area contributed by atoms with Gasteiger partial charge in [-0.15, -0.1) is 0 Å². The molecule has 0 unspecified atom stereocenters. The predicted octanol–water partition coefficient (Wildman–Crippen LogP) is 3.66. The Bertz CT molecular complexity index is 835. The molecule has 2 aromatic carbocycles.